The van der Waals surface area contributed by atoms with Crippen LogP contribution in [0.4, 0.5) is 11.5 Å². The molecular formula is C23H26N8O2. The smallest absolute Gasteiger partial charge is 0.259 e. The van der Waals surface area contributed by atoms with Gasteiger partial charge in [0, 0.05) is 54.9 Å². The molecule has 2 atom stereocenters. The predicted octanol–water partition coefficient (Wildman–Crippen LogP) is 2.36. The SMILES string of the molecule is COc1nc(NC(=O)c2ccc(N3C[C@H](C)N[C@@H](C)C3)c3ccnnc23)cc2cn(C)nc12. The van der Waals surface area contributed by atoms with Crippen molar-refractivity contribution >= 4 is 39.2 Å². The number of anilines is 2. The van der Waals surface area contributed by atoms with E-state index in [1.54, 1.807) is 23.0 Å². The van der Waals surface area contributed by atoms with E-state index < -0.39 is 0 Å². The van der Waals surface area contributed by atoms with E-state index in [-0.39, 0.29) is 5.91 Å². The number of hydrogen-bond donors (Lipinski definition) is 2. The minimum atomic E-state index is -0.313. The van der Waals surface area contributed by atoms with Crippen molar-refractivity contribution in [2.75, 3.05) is 30.4 Å². The zero-order valence-corrected chi connectivity index (χ0v) is 19.0. The number of aryl methyl sites for hydroxylation is 1. The number of nitrogens with one attached hydrogen (secondary N) is 2. The number of carbonyl (C=O) groups is 1. The van der Waals surface area contributed by atoms with Gasteiger partial charge in [0.15, 0.2) is 5.52 Å². The predicted molar refractivity (Wildman–Crippen MR) is 127 cm³/mol. The summed E-state index contributed by atoms with van der Waals surface area (Å²) in [6.45, 7) is 6.10. The molecule has 1 aliphatic heterocycles. The fraction of sp³-hybridized carbons (Fsp3) is 0.348. The third-order valence-electron chi connectivity index (χ3n) is 5.81. The highest BCUT2D eigenvalue weighted by atomic mass is 16.5. The lowest BCUT2D eigenvalue weighted by Gasteiger charge is -2.38. The highest BCUT2D eigenvalue weighted by molar-refractivity contribution is 6.13. The Balaban J connectivity index is 1.50. The number of fused-ring (bicyclic) bond motifs is 2. The molecule has 0 saturated carbocycles. The van der Waals surface area contributed by atoms with Crippen LogP contribution < -0.4 is 20.3 Å². The van der Waals surface area contributed by atoms with Crippen molar-refractivity contribution in [3.63, 3.8) is 0 Å². The Kier molecular flexibility index (Phi) is 5.29. The van der Waals surface area contributed by atoms with Crippen LogP contribution in [0.5, 0.6) is 5.88 Å². The molecule has 2 N–H and O–H groups in total. The van der Waals surface area contributed by atoms with E-state index in [0.29, 0.717) is 40.4 Å². The highest BCUT2D eigenvalue weighted by Gasteiger charge is 2.24. The zero-order chi connectivity index (χ0) is 23.1. The summed E-state index contributed by atoms with van der Waals surface area (Å²) in [6.07, 6.45) is 3.51. The molecule has 4 heterocycles. The molecule has 10 nitrogen and oxygen atoms in total. The van der Waals surface area contributed by atoms with Gasteiger partial charge in [-0.15, -0.1) is 5.10 Å². The highest BCUT2D eigenvalue weighted by Crippen LogP contribution is 2.30. The lowest BCUT2D eigenvalue weighted by atomic mass is 10.0. The quantitative estimate of drug-likeness (QED) is 0.492. The van der Waals surface area contributed by atoms with Crippen LogP contribution in [-0.4, -0.2) is 63.2 Å². The number of aromatic nitrogens is 5. The lowest BCUT2D eigenvalue weighted by molar-refractivity contribution is 0.102. The molecule has 33 heavy (non-hydrogen) atoms. The van der Waals surface area contributed by atoms with Crippen molar-refractivity contribution < 1.29 is 9.53 Å². The Labute approximate surface area is 190 Å². The van der Waals surface area contributed by atoms with Crippen LogP contribution in [0.2, 0.25) is 0 Å². The molecule has 0 bridgehead atoms. The Morgan fingerprint density at radius 3 is 2.73 bits per heavy atom. The third-order valence-corrected chi connectivity index (χ3v) is 5.81. The van der Waals surface area contributed by atoms with Gasteiger partial charge in [0.05, 0.1) is 18.9 Å². The van der Waals surface area contributed by atoms with Gasteiger partial charge in [-0.2, -0.15) is 15.2 Å². The molecule has 1 amide bonds. The second-order valence-corrected chi connectivity index (χ2v) is 8.51. The molecule has 3 aromatic heterocycles. The van der Waals surface area contributed by atoms with Crippen molar-refractivity contribution in [1.82, 2.24) is 30.3 Å². The monoisotopic (exact) mass is 446 g/mol. The van der Waals surface area contributed by atoms with E-state index in [0.717, 1.165) is 29.5 Å². The molecule has 5 rings (SSSR count). The zero-order valence-electron chi connectivity index (χ0n) is 19.0. The summed E-state index contributed by atoms with van der Waals surface area (Å²) in [5, 5.41) is 20.9. The topological polar surface area (TPSA) is 110 Å². The first-order valence-corrected chi connectivity index (χ1v) is 10.9. The fourth-order valence-corrected chi connectivity index (χ4v) is 4.56. The van der Waals surface area contributed by atoms with Gasteiger partial charge in [0.2, 0.25) is 5.88 Å². The number of benzene rings is 1. The largest absolute Gasteiger partial charge is 0.479 e. The van der Waals surface area contributed by atoms with Gasteiger partial charge in [0.1, 0.15) is 11.3 Å². The molecule has 0 unspecified atom stereocenters. The number of carbonyl (C=O) groups excluding carboxylic acids is 1. The van der Waals surface area contributed by atoms with E-state index in [2.05, 4.69) is 49.7 Å². The van der Waals surface area contributed by atoms with Gasteiger partial charge in [-0.1, -0.05) is 0 Å². The van der Waals surface area contributed by atoms with Gasteiger partial charge in [-0.25, -0.2) is 0 Å². The molecule has 0 aliphatic carbocycles. The van der Waals surface area contributed by atoms with E-state index in [9.17, 15) is 4.79 Å². The minimum Gasteiger partial charge on any atom is -0.479 e. The first-order valence-electron chi connectivity index (χ1n) is 10.9. The minimum absolute atomic E-state index is 0.313. The van der Waals surface area contributed by atoms with Gasteiger partial charge in [-0.05, 0) is 38.1 Å². The molecule has 0 radical (unpaired) electrons. The van der Waals surface area contributed by atoms with Gasteiger partial charge in [-0.3, -0.25) is 9.48 Å². The summed E-state index contributed by atoms with van der Waals surface area (Å²) >= 11 is 0. The molecular weight excluding hydrogens is 420 g/mol. The number of methoxy groups -OCH3 is 1. The van der Waals surface area contributed by atoms with E-state index in [4.69, 9.17) is 4.74 Å². The summed E-state index contributed by atoms with van der Waals surface area (Å²) < 4.78 is 7.05. The normalized spacial score (nSPS) is 18.6. The van der Waals surface area contributed by atoms with Crippen molar-refractivity contribution in [1.29, 1.82) is 0 Å². The number of hydrogen-bond acceptors (Lipinski definition) is 8. The number of nitrogens with zero attached hydrogens (tertiary/aromatic N) is 6. The van der Waals surface area contributed by atoms with E-state index in [1.807, 2.05) is 25.4 Å². The Bertz CT molecular complexity index is 1340. The molecule has 1 saturated heterocycles. The summed E-state index contributed by atoms with van der Waals surface area (Å²) in [6, 6.07) is 8.21. The maximum absolute atomic E-state index is 13.3. The van der Waals surface area contributed by atoms with Crippen LogP contribution in [-0.2, 0) is 7.05 Å². The lowest BCUT2D eigenvalue weighted by Crippen LogP contribution is -2.54. The first-order chi connectivity index (χ1) is 15.9. The molecule has 170 valence electrons. The summed E-state index contributed by atoms with van der Waals surface area (Å²) in [5.74, 6) is 0.417. The van der Waals surface area contributed by atoms with Gasteiger partial charge in [0.25, 0.3) is 5.91 Å². The van der Waals surface area contributed by atoms with Crippen LogP contribution in [0, 0.1) is 0 Å². The average Bonchev–Trinajstić information content (AvgIpc) is 3.17. The number of piperazine rings is 1. The molecule has 0 spiro atoms. The Hall–Kier alpha value is -3.79. The van der Waals surface area contributed by atoms with Gasteiger partial charge < -0.3 is 20.3 Å². The van der Waals surface area contributed by atoms with Crippen LogP contribution in [0.3, 0.4) is 0 Å². The summed E-state index contributed by atoms with van der Waals surface area (Å²) in [5.41, 5.74) is 2.68. The molecule has 1 aliphatic rings. The molecule has 1 aromatic carbocycles. The maximum Gasteiger partial charge on any atom is 0.259 e. The summed E-state index contributed by atoms with van der Waals surface area (Å²) in [7, 11) is 3.35. The summed E-state index contributed by atoms with van der Waals surface area (Å²) in [4.78, 5) is 20.0. The van der Waals surface area contributed by atoms with Gasteiger partial charge >= 0.3 is 0 Å². The Morgan fingerprint density at radius 1 is 1.18 bits per heavy atom. The second kappa shape index (κ2) is 8.28. The number of rotatable bonds is 4. The average molecular weight is 447 g/mol. The maximum atomic E-state index is 13.3. The molecule has 10 heteroatoms. The van der Waals surface area contributed by atoms with Crippen LogP contribution in [0.25, 0.3) is 21.8 Å². The number of pyridine rings is 1. The molecule has 1 fully saturated rings. The van der Waals surface area contributed by atoms with Crippen molar-refractivity contribution in [2.24, 2.45) is 7.05 Å². The van der Waals surface area contributed by atoms with Crippen LogP contribution in [0.15, 0.2) is 36.7 Å². The van der Waals surface area contributed by atoms with Crippen molar-refractivity contribution in [3.05, 3.63) is 42.2 Å². The first kappa shape index (κ1) is 21.1. The van der Waals surface area contributed by atoms with Crippen LogP contribution in [0.1, 0.15) is 24.2 Å². The Morgan fingerprint density at radius 2 is 1.97 bits per heavy atom. The standard InChI is InChI=1S/C23H26N8O2/c1-13-10-31(11-14(2)25-13)18-6-5-17(21-16(18)7-8-24-28-21)22(32)26-19-9-15-12-30(3)29-20(15)23(27-19)33-4/h5-9,12-14,25H,10-11H2,1-4H3,(H,26,32)/t13-,14-/m0/s1. The number of ether oxygens (including phenoxy) is 1. The number of amides is 1. The third kappa shape index (κ3) is 3.93. The van der Waals surface area contributed by atoms with Crippen LogP contribution >= 0.6 is 0 Å². The fourth-order valence-electron chi connectivity index (χ4n) is 4.56. The molecule has 4 aromatic rings. The second-order valence-electron chi connectivity index (χ2n) is 8.51. The van der Waals surface area contributed by atoms with E-state index in [1.165, 1.54) is 7.11 Å². The van der Waals surface area contributed by atoms with E-state index >= 15 is 0 Å². The van der Waals surface area contributed by atoms with Crippen molar-refractivity contribution in [2.45, 2.75) is 25.9 Å². The van der Waals surface area contributed by atoms with Crippen molar-refractivity contribution in [3.8, 4) is 5.88 Å².